The second-order valence-electron chi connectivity index (χ2n) is 3.99. The highest BCUT2D eigenvalue weighted by Gasteiger charge is 2.08. The van der Waals surface area contributed by atoms with Gasteiger partial charge in [0.25, 0.3) is 5.91 Å². The number of carbonyl (C=O) groups excluding carboxylic acids is 2. The topological polar surface area (TPSA) is 80.3 Å². The molecule has 0 aliphatic carbocycles. The van der Waals surface area contributed by atoms with Crippen molar-refractivity contribution < 1.29 is 14.3 Å². The fraction of sp³-hybridized carbons (Fsp3) is 0.0714. The molecule has 0 radical (unpaired) electrons. The van der Waals surface area contributed by atoms with E-state index in [4.69, 9.17) is 0 Å². The summed E-state index contributed by atoms with van der Waals surface area (Å²) in [5, 5.41) is 5.23. The first-order valence-electron chi connectivity index (χ1n) is 5.97. The number of benzene rings is 1. The fourth-order valence-electron chi connectivity index (χ4n) is 1.54. The fourth-order valence-corrected chi connectivity index (χ4v) is 1.88. The van der Waals surface area contributed by atoms with E-state index >= 15 is 0 Å². The van der Waals surface area contributed by atoms with Crippen LogP contribution >= 0.6 is 15.9 Å². The van der Waals surface area contributed by atoms with Crippen LogP contribution in [-0.4, -0.2) is 24.1 Å². The number of hydrogen-bond donors (Lipinski definition) is 2. The molecule has 0 fully saturated rings. The number of carbonyl (C=O) groups is 2. The number of ether oxygens (including phenoxy) is 1. The van der Waals surface area contributed by atoms with Gasteiger partial charge >= 0.3 is 6.09 Å². The third-order valence-corrected chi connectivity index (χ3v) is 2.96. The van der Waals surface area contributed by atoms with Crippen LogP contribution in [-0.2, 0) is 4.74 Å². The normalized spacial score (nSPS) is 9.81. The number of aromatic nitrogens is 1. The molecule has 7 heteroatoms. The molecule has 0 saturated carbocycles. The largest absolute Gasteiger partial charge is 0.453 e. The lowest BCUT2D eigenvalue weighted by atomic mass is 10.2. The van der Waals surface area contributed by atoms with Crippen LogP contribution < -0.4 is 10.6 Å². The Morgan fingerprint density at radius 3 is 2.24 bits per heavy atom. The van der Waals surface area contributed by atoms with E-state index in [1.807, 2.05) is 0 Å². The first kappa shape index (κ1) is 15.0. The molecule has 0 saturated heterocycles. The van der Waals surface area contributed by atoms with Crippen LogP contribution in [0.1, 0.15) is 10.5 Å². The summed E-state index contributed by atoms with van der Waals surface area (Å²) in [7, 11) is 1.29. The Labute approximate surface area is 129 Å². The molecule has 0 bridgehead atoms. The summed E-state index contributed by atoms with van der Waals surface area (Å²) in [5.41, 5.74) is 1.47. The molecule has 0 unspecified atom stereocenters. The van der Waals surface area contributed by atoms with Gasteiger partial charge in [0, 0.05) is 11.4 Å². The summed E-state index contributed by atoms with van der Waals surface area (Å²) >= 11 is 3.21. The van der Waals surface area contributed by atoms with E-state index in [1.165, 1.54) is 7.11 Å². The zero-order valence-corrected chi connectivity index (χ0v) is 12.7. The number of methoxy groups -OCH3 is 1. The van der Waals surface area contributed by atoms with Crippen molar-refractivity contribution in [3.8, 4) is 0 Å². The Morgan fingerprint density at radius 2 is 1.67 bits per heavy atom. The Kier molecular flexibility index (Phi) is 4.89. The molecule has 108 valence electrons. The van der Waals surface area contributed by atoms with Crippen LogP contribution in [0.2, 0.25) is 0 Å². The highest BCUT2D eigenvalue weighted by Crippen LogP contribution is 2.15. The number of nitrogens with one attached hydrogen (secondary N) is 2. The third kappa shape index (κ3) is 4.28. The van der Waals surface area contributed by atoms with Gasteiger partial charge in [-0.15, -0.1) is 0 Å². The van der Waals surface area contributed by atoms with Gasteiger partial charge < -0.3 is 10.1 Å². The number of pyridine rings is 1. The highest BCUT2D eigenvalue weighted by molar-refractivity contribution is 9.10. The molecule has 0 aliphatic heterocycles. The smallest absolute Gasteiger partial charge is 0.411 e. The third-order valence-electron chi connectivity index (χ3n) is 2.52. The minimum absolute atomic E-state index is 0.307. The molecule has 2 rings (SSSR count). The number of halogens is 1. The molecule has 0 aliphatic rings. The molecule has 1 heterocycles. The monoisotopic (exact) mass is 349 g/mol. The summed E-state index contributed by atoms with van der Waals surface area (Å²) in [5.74, 6) is -0.315. The number of hydrogen-bond acceptors (Lipinski definition) is 4. The molecule has 0 atom stereocenters. The molecule has 21 heavy (non-hydrogen) atoms. The van der Waals surface area contributed by atoms with E-state index in [0.29, 0.717) is 21.7 Å². The Hall–Kier alpha value is -2.41. The molecule has 2 aromatic rings. The van der Waals surface area contributed by atoms with Crippen molar-refractivity contribution in [1.82, 2.24) is 4.98 Å². The summed E-state index contributed by atoms with van der Waals surface area (Å²) in [6.07, 6.45) is -0.551. The summed E-state index contributed by atoms with van der Waals surface area (Å²) in [6.45, 7) is 0. The molecule has 2 N–H and O–H groups in total. The van der Waals surface area contributed by atoms with Crippen molar-refractivity contribution in [2.24, 2.45) is 0 Å². The minimum atomic E-state index is -0.551. The lowest BCUT2D eigenvalue weighted by molar-refractivity contribution is 0.102. The van der Waals surface area contributed by atoms with Crippen molar-refractivity contribution >= 4 is 39.3 Å². The van der Waals surface area contributed by atoms with Gasteiger partial charge in [0.2, 0.25) is 0 Å². The molecule has 1 aromatic heterocycles. The average molecular weight is 350 g/mol. The van der Waals surface area contributed by atoms with E-state index in [0.717, 1.165) is 0 Å². The maximum atomic E-state index is 12.0. The van der Waals surface area contributed by atoms with Crippen LogP contribution in [0, 0.1) is 0 Å². The number of rotatable bonds is 3. The molecule has 0 spiro atoms. The van der Waals surface area contributed by atoms with Crippen LogP contribution in [0.3, 0.4) is 0 Å². The van der Waals surface area contributed by atoms with Crippen molar-refractivity contribution in [1.29, 1.82) is 0 Å². The van der Waals surface area contributed by atoms with Crippen molar-refractivity contribution in [2.75, 3.05) is 17.7 Å². The van der Waals surface area contributed by atoms with E-state index < -0.39 is 6.09 Å². The van der Waals surface area contributed by atoms with E-state index in [9.17, 15) is 9.59 Å². The lowest BCUT2D eigenvalue weighted by Crippen LogP contribution is -2.14. The minimum Gasteiger partial charge on any atom is -0.453 e. The van der Waals surface area contributed by atoms with Gasteiger partial charge in [-0.05, 0) is 52.3 Å². The van der Waals surface area contributed by atoms with Crippen molar-refractivity contribution in [3.05, 3.63) is 52.8 Å². The predicted octanol–water partition coefficient (Wildman–Crippen LogP) is 3.27. The predicted molar refractivity (Wildman–Crippen MR) is 82.4 cm³/mol. The van der Waals surface area contributed by atoms with Crippen LogP contribution in [0.25, 0.3) is 0 Å². The number of anilines is 2. The molecular weight excluding hydrogens is 338 g/mol. The van der Waals surface area contributed by atoms with E-state index in [2.05, 4.69) is 36.3 Å². The summed E-state index contributed by atoms with van der Waals surface area (Å²) in [4.78, 5) is 27.1. The zero-order chi connectivity index (χ0) is 15.2. The van der Waals surface area contributed by atoms with Crippen molar-refractivity contribution in [3.63, 3.8) is 0 Å². The first-order chi connectivity index (χ1) is 10.1. The van der Waals surface area contributed by atoms with Gasteiger partial charge in [0.15, 0.2) is 0 Å². The first-order valence-corrected chi connectivity index (χ1v) is 6.77. The van der Waals surface area contributed by atoms with E-state index in [-0.39, 0.29) is 5.91 Å². The molecule has 6 nitrogen and oxygen atoms in total. The Balaban J connectivity index is 2.03. The maximum Gasteiger partial charge on any atom is 0.411 e. The van der Waals surface area contributed by atoms with Crippen LogP contribution in [0.15, 0.2) is 47.1 Å². The number of amides is 2. The van der Waals surface area contributed by atoms with Crippen LogP contribution in [0.4, 0.5) is 16.2 Å². The highest BCUT2D eigenvalue weighted by atomic mass is 79.9. The molecule has 2 amide bonds. The van der Waals surface area contributed by atoms with Crippen molar-refractivity contribution in [2.45, 2.75) is 0 Å². The van der Waals surface area contributed by atoms with Gasteiger partial charge in [-0.25, -0.2) is 9.78 Å². The van der Waals surface area contributed by atoms with Gasteiger partial charge in [-0.1, -0.05) is 6.07 Å². The SMILES string of the molecule is COC(=O)Nc1ccc(NC(=O)c2cccc(Br)n2)cc1. The van der Waals surface area contributed by atoms with Gasteiger partial charge in [-0.3, -0.25) is 10.1 Å². The molecule has 1 aromatic carbocycles. The van der Waals surface area contributed by atoms with Crippen LogP contribution in [0.5, 0.6) is 0 Å². The summed E-state index contributed by atoms with van der Waals surface area (Å²) in [6, 6.07) is 11.7. The average Bonchev–Trinajstić information content (AvgIpc) is 2.49. The second kappa shape index (κ2) is 6.85. The second-order valence-corrected chi connectivity index (χ2v) is 4.81. The lowest BCUT2D eigenvalue weighted by Gasteiger charge is -2.07. The zero-order valence-electron chi connectivity index (χ0n) is 11.1. The van der Waals surface area contributed by atoms with Gasteiger partial charge in [0.1, 0.15) is 10.3 Å². The Bertz CT molecular complexity index is 659. The van der Waals surface area contributed by atoms with Gasteiger partial charge in [-0.2, -0.15) is 0 Å². The summed E-state index contributed by atoms with van der Waals surface area (Å²) < 4.78 is 5.08. The van der Waals surface area contributed by atoms with E-state index in [1.54, 1.807) is 42.5 Å². The Morgan fingerprint density at radius 1 is 1.05 bits per heavy atom. The quantitative estimate of drug-likeness (QED) is 0.833. The number of nitrogens with zero attached hydrogens (tertiary/aromatic N) is 1. The standard InChI is InChI=1S/C14H12BrN3O3/c1-21-14(20)17-10-7-5-9(6-8-10)16-13(19)11-3-2-4-12(15)18-11/h2-8H,1H3,(H,16,19)(H,17,20). The maximum absolute atomic E-state index is 12.0. The van der Waals surface area contributed by atoms with Gasteiger partial charge in [0.05, 0.1) is 7.11 Å². The molecular formula is C14H12BrN3O3.